The minimum absolute atomic E-state index is 0.569. The molecule has 0 saturated carbocycles. The number of thiophene rings is 1. The van der Waals surface area contributed by atoms with E-state index >= 15 is 0 Å². The predicted molar refractivity (Wildman–Crippen MR) is 236 cm³/mol. The van der Waals surface area contributed by atoms with Gasteiger partial charge in [0.2, 0.25) is 5.89 Å². The third-order valence-electron chi connectivity index (χ3n) is 10.5. The zero-order valence-electron chi connectivity index (χ0n) is 30.6. The molecule has 0 saturated heterocycles. The molecule has 0 radical (unpaired) electrons. The Hall–Kier alpha value is -6.67. The molecule has 5 nitrogen and oxygen atoms in total. The second-order valence-electron chi connectivity index (χ2n) is 14.1. The minimum Gasteiger partial charge on any atom is -0.436 e. The Bertz CT molecular complexity index is 3090. The van der Waals surface area contributed by atoms with Crippen LogP contribution in [0.15, 0.2) is 179 Å². The van der Waals surface area contributed by atoms with Crippen molar-refractivity contribution in [2.24, 2.45) is 0 Å². The van der Waals surface area contributed by atoms with E-state index in [2.05, 4.69) is 91.0 Å². The number of nitrogens with zero attached hydrogens (tertiary/aromatic N) is 4. The molecule has 11 rings (SSSR count). The summed E-state index contributed by atoms with van der Waals surface area (Å²) in [7, 11) is 0. The fraction of sp³-hybridized carbons (Fsp3) is 0.0400. The second-order valence-corrected chi connectivity index (χ2v) is 16.2. The zero-order chi connectivity index (χ0) is 37.7. The lowest BCUT2D eigenvalue weighted by Crippen LogP contribution is -2.00. The van der Waals surface area contributed by atoms with E-state index in [9.17, 15) is 0 Å². The second kappa shape index (κ2) is 14.1. The molecule has 0 aliphatic carbocycles. The summed E-state index contributed by atoms with van der Waals surface area (Å²) < 4.78 is 9.05. The van der Waals surface area contributed by atoms with E-state index in [0.29, 0.717) is 28.9 Å². The quantitative estimate of drug-likeness (QED) is 0.168. The van der Waals surface area contributed by atoms with Gasteiger partial charge in [-0.05, 0) is 65.9 Å². The molecule has 0 atom stereocenters. The number of hydrogen-bond donors (Lipinski definition) is 0. The number of hydrogen-bond acceptors (Lipinski definition) is 7. The molecule has 0 unspecified atom stereocenters. The van der Waals surface area contributed by atoms with Gasteiger partial charge >= 0.3 is 0 Å². The molecule has 1 aliphatic heterocycles. The van der Waals surface area contributed by atoms with E-state index in [-0.39, 0.29) is 0 Å². The predicted octanol–water partition coefficient (Wildman–Crippen LogP) is 13.8. The lowest BCUT2D eigenvalue weighted by atomic mass is 10.0. The van der Waals surface area contributed by atoms with Gasteiger partial charge in [0.05, 0.1) is 0 Å². The molecule has 0 N–H and O–H groups in total. The van der Waals surface area contributed by atoms with Crippen LogP contribution in [0.4, 0.5) is 0 Å². The fourth-order valence-electron chi connectivity index (χ4n) is 7.65. The molecule has 4 heterocycles. The van der Waals surface area contributed by atoms with Crippen LogP contribution in [0.25, 0.3) is 92.9 Å². The molecular weight excluding hydrogens is 737 g/mol. The monoisotopic (exact) mass is 768 g/mol. The molecule has 1 aliphatic rings. The van der Waals surface area contributed by atoms with Crippen LogP contribution in [0.5, 0.6) is 0 Å². The first-order valence-corrected chi connectivity index (χ1v) is 20.6. The maximum Gasteiger partial charge on any atom is 0.227 e. The molecule has 57 heavy (non-hydrogen) atoms. The highest BCUT2D eigenvalue weighted by atomic mass is 32.2. The first-order valence-electron chi connectivity index (χ1n) is 19.0. The Morgan fingerprint density at radius 2 is 1.07 bits per heavy atom. The Morgan fingerprint density at radius 3 is 1.79 bits per heavy atom. The Morgan fingerprint density at radius 1 is 0.474 bits per heavy atom. The van der Waals surface area contributed by atoms with Crippen LogP contribution in [0.1, 0.15) is 17.5 Å². The highest BCUT2D eigenvalue weighted by Gasteiger charge is 2.19. The Kier molecular flexibility index (Phi) is 8.34. The van der Waals surface area contributed by atoms with E-state index in [1.165, 1.54) is 46.7 Å². The van der Waals surface area contributed by atoms with Crippen molar-refractivity contribution >= 4 is 59.3 Å². The minimum atomic E-state index is 0.569. The van der Waals surface area contributed by atoms with Gasteiger partial charge in [-0.2, -0.15) is 0 Å². The Balaban J connectivity index is 0.922. The van der Waals surface area contributed by atoms with Crippen LogP contribution >= 0.6 is 23.1 Å². The number of aryl methyl sites for hydroxylation is 1. The zero-order valence-corrected chi connectivity index (χ0v) is 32.2. The lowest BCUT2D eigenvalue weighted by molar-refractivity contribution is 0.620. The first kappa shape index (κ1) is 33.6. The summed E-state index contributed by atoms with van der Waals surface area (Å²) >= 11 is 3.79. The van der Waals surface area contributed by atoms with Gasteiger partial charge in [-0.1, -0.05) is 145 Å². The molecule has 270 valence electrons. The third kappa shape index (κ3) is 6.22. The van der Waals surface area contributed by atoms with Gasteiger partial charge < -0.3 is 4.42 Å². The summed E-state index contributed by atoms with van der Waals surface area (Å²) in [5.74, 6) is 2.38. The van der Waals surface area contributed by atoms with Crippen LogP contribution in [0, 0.1) is 0 Å². The van der Waals surface area contributed by atoms with Crippen molar-refractivity contribution in [3.8, 4) is 56.7 Å². The van der Waals surface area contributed by atoms with Crippen LogP contribution < -0.4 is 0 Å². The standard InChI is InChI=1S/C50H32N4OS2/c1-3-13-33(14-4-1)47-52-48(34-15-5-2-6-16-34)54-49(53-47)36-28-29-41-42(30-36)55-50(51-41)35-26-24-31(25-27-35)37-18-10-19-38-39-20-11-21-40(46(39)57-45(37)38)44-23-9-17-32-12-7-8-22-43(32)56-44/h1-8,10-16,18-30H,9,17H2. The summed E-state index contributed by atoms with van der Waals surface area (Å²) in [5.41, 5.74) is 10.2. The summed E-state index contributed by atoms with van der Waals surface area (Å²) in [4.78, 5) is 22.2. The van der Waals surface area contributed by atoms with Crippen molar-refractivity contribution in [2.75, 3.05) is 0 Å². The van der Waals surface area contributed by atoms with E-state index in [1.807, 2.05) is 102 Å². The lowest BCUT2D eigenvalue weighted by Gasteiger charge is -2.09. The van der Waals surface area contributed by atoms with Crippen molar-refractivity contribution in [3.05, 3.63) is 181 Å². The Labute approximate surface area is 337 Å². The van der Waals surface area contributed by atoms with E-state index < -0.39 is 0 Å². The van der Waals surface area contributed by atoms with Crippen molar-refractivity contribution in [1.82, 2.24) is 19.9 Å². The molecule has 0 bridgehead atoms. The average molecular weight is 769 g/mol. The smallest absolute Gasteiger partial charge is 0.227 e. The van der Waals surface area contributed by atoms with E-state index in [1.54, 1.807) is 0 Å². The number of fused-ring (bicyclic) bond motifs is 5. The van der Waals surface area contributed by atoms with Gasteiger partial charge in [0, 0.05) is 57.8 Å². The highest BCUT2D eigenvalue weighted by molar-refractivity contribution is 8.08. The fourth-order valence-corrected chi connectivity index (χ4v) is 10.2. The number of benzene rings is 7. The van der Waals surface area contributed by atoms with Gasteiger partial charge in [0.25, 0.3) is 0 Å². The normalized spacial score (nSPS) is 12.8. The van der Waals surface area contributed by atoms with Crippen LogP contribution in [-0.2, 0) is 6.42 Å². The third-order valence-corrected chi connectivity index (χ3v) is 13.0. The summed E-state index contributed by atoms with van der Waals surface area (Å²) in [6.45, 7) is 0. The largest absolute Gasteiger partial charge is 0.436 e. The maximum absolute atomic E-state index is 6.42. The van der Waals surface area contributed by atoms with Crippen LogP contribution in [-0.4, -0.2) is 19.9 Å². The number of oxazole rings is 1. The van der Waals surface area contributed by atoms with Crippen molar-refractivity contribution < 1.29 is 4.42 Å². The van der Waals surface area contributed by atoms with Crippen LogP contribution in [0.2, 0.25) is 0 Å². The van der Waals surface area contributed by atoms with Gasteiger partial charge in [0.1, 0.15) is 5.52 Å². The molecule has 0 fully saturated rings. The van der Waals surface area contributed by atoms with Gasteiger partial charge in [-0.15, -0.1) is 11.3 Å². The van der Waals surface area contributed by atoms with Crippen LogP contribution in [0.3, 0.4) is 0 Å². The van der Waals surface area contributed by atoms with E-state index in [0.717, 1.165) is 46.2 Å². The van der Waals surface area contributed by atoms with Gasteiger partial charge in [0.15, 0.2) is 23.1 Å². The molecule has 7 aromatic carbocycles. The number of allylic oxidation sites excluding steroid dienone is 1. The maximum atomic E-state index is 6.42. The molecule has 0 spiro atoms. The van der Waals surface area contributed by atoms with Crippen molar-refractivity contribution in [1.29, 1.82) is 0 Å². The molecule has 0 amide bonds. The topological polar surface area (TPSA) is 64.7 Å². The number of rotatable bonds is 6. The van der Waals surface area contributed by atoms with E-state index in [4.69, 9.17) is 24.4 Å². The summed E-state index contributed by atoms with van der Waals surface area (Å²) in [5, 5.41) is 2.60. The molecule has 7 heteroatoms. The molecule has 3 aromatic heterocycles. The number of aromatic nitrogens is 4. The van der Waals surface area contributed by atoms with Gasteiger partial charge in [-0.3, -0.25) is 0 Å². The summed E-state index contributed by atoms with van der Waals surface area (Å²) in [6.07, 6.45) is 4.54. The molecule has 10 aromatic rings. The molecular formula is C50H32N4OS2. The SMILES string of the molecule is C1=C(c2cccc3c2sc2c(-c4ccc(-c5nc6ccc(-c7nc(-c8ccccc8)nc(-c8ccccc8)n7)cc6o5)cc4)cccc23)Sc2ccccc2CC1. The number of thioether (sulfide) groups is 1. The average Bonchev–Trinajstić information content (AvgIpc) is 3.82. The van der Waals surface area contributed by atoms with Crippen molar-refractivity contribution in [2.45, 2.75) is 17.7 Å². The first-order chi connectivity index (χ1) is 28.2. The summed E-state index contributed by atoms with van der Waals surface area (Å²) in [6, 6.07) is 56.7. The highest BCUT2D eigenvalue weighted by Crippen LogP contribution is 2.47. The van der Waals surface area contributed by atoms with Gasteiger partial charge in [-0.25, -0.2) is 19.9 Å². The van der Waals surface area contributed by atoms with Crippen molar-refractivity contribution in [3.63, 3.8) is 0 Å².